The Morgan fingerprint density at radius 2 is 1.75 bits per heavy atom. The lowest BCUT2D eigenvalue weighted by Crippen LogP contribution is -2.29. The van der Waals surface area contributed by atoms with E-state index in [0.717, 1.165) is 0 Å². The maximum absolute atomic E-state index is 9.60. The van der Waals surface area contributed by atoms with Gasteiger partial charge < -0.3 is 4.74 Å². The highest BCUT2D eigenvalue weighted by atomic mass is 16.5. The van der Waals surface area contributed by atoms with Gasteiger partial charge >= 0.3 is 0 Å². The summed E-state index contributed by atoms with van der Waals surface area (Å²) in [5, 5.41) is 0. The minimum absolute atomic E-state index is 0.318. The fourth-order valence-corrected chi connectivity index (χ4v) is 0.144. The van der Waals surface area contributed by atoms with Crippen LogP contribution in [-0.2, 0) is 9.53 Å². The van der Waals surface area contributed by atoms with Crippen molar-refractivity contribution in [2.45, 2.75) is 46.3 Å². The molecule has 0 aromatic carbocycles. The number of hydrogen-bond acceptors (Lipinski definition) is 4. The van der Waals surface area contributed by atoms with Crippen LogP contribution in [0.4, 0.5) is 0 Å². The van der Waals surface area contributed by atoms with Gasteiger partial charge in [0.05, 0.1) is 0 Å². The quantitative estimate of drug-likeness (QED) is 0.371. The lowest BCUT2D eigenvalue weighted by atomic mass is 10.2. The zero-order chi connectivity index (χ0) is 10.2. The van der Waals surface area contributed by atoms with Gasteiger partial charge in [-0.1, -0.05) is 0 Å². The topological polar surface area (TPSA) is 64.3 Å². The van der Waals surface area contributed by atoms with E-state index in [1.807, 2.05) is 34.6 Å². The SMILES string of the molecule is CC(C)(C)OC=O.CC(C)NN. The Bertz CT molecular complexity index is 108. The molecule has 0 saturated carbocycles. The Kier molecular flexibility index (Phi) is 8.21. The van der Waals surface area contributed by atoms with Crippen LogP contribution in [-0.4, -0.2) is 18.1 Å². The average Bonchev–Trinajstić information content (AvgIpc) is 1.86. The predicted octanol–water partition coefficient (Wildman–Crippen LogP) is 0.816. The second-order valence-electron chi connectivity index (χ2n) is 3.65. The first-order valence-corrected chi connectivity index (χ1v) is 3.91. The van der Waals surface area contributed by atoms with Crippen LogP contribution in [0.3, 0.4) is 0 Å². The van der Waals surface area contributed by atoms with Crippen molar-refractivity contribution in [1.29, 1.82) is 0 Å². The van der Waals surface area contributed by atoms with Gasteiger partial charge in [-0.05, 0) is 34.6 Å². The summed E-state index contributed by atoms with van der Waals surface area (Å²) >= 11 is 0. The van der Waals surface area contributed by atoms with Gasteiger partial charge in [0.2, 0.25) is 0 Å². The molecule has 4 nitrogen and oxygen atoms in total. The van der Waals surface area contributed by atoms with Crippen LogP contribution in [0.1, 0.15) is 34.6 Å². The van der Waals surface area contributed by atoms with Crippen LogP contribution in [0.25, 0.3) is 0 Å². The molecular formula is C8H20N2O2. The first-order chi connectivity index (χ1) is 5.33. The molecule has 0 fully saturated rings. The van der Waals surface area contributed by atoms with E-state index in [4.69, 9.17) is 5.84 Å². The highest BCUT2D eigenvalue weighted by molar-refractivity contribution is 5.37. The molecule has 0 rings (SSSR count). The lowest BCUT2D eigenvalue weighted by Gasteiger charge is -2.14. The maximum Gasteiger partial charge on any atom is 0.293 e. The number of ether oxygens (including phenoxy) is 1. The van der Waals surface area contributed by atoms with Crippen molar-refractivity contribution >= 4 is 6.47 Å². The van der Waals surface area contributed by atoms with Crippen molar-refractivity contribution in [3.63, 3.8) is 0 Å². The molecular weight excluding hydrogens is 156 g/mol. The third-order valence-electron chi connectivity index (χ3n) is 0.735. The Hall–Kier alpha value is -0.610. The number of nitrogens with two attached hydrogens (primary N) is 1. The van der Waals surface area contributed by atoms with Gasteiger partial charge in [-0.2, -0.15) is 0 Å². The zero-order valence-corrected chi connectivity index (χ0v) is 8.55. The molecule has 0 aromatic heterocycles. The maximum atomic E-state index is 9.60. The molecule has 0 aliphatic rings. The third-order valence-corrected chi connectivity index (χ3v) is 0.735. The average molecular weight is 176 g/mol. The van der Waals surface area contributed by atoms with Gasteiger partial charge in [-0.25, -0.2) is 0 Å². The van der Waals surface area contributed by atoms with E-state index in [2.05, 4.69) is 10.2 Å². The largest absolute Gasteiger partial charge is 0.462 e. The minimum Gasteiger partial charge on any atom is -0.462 e. The number of carbonyl (C=O) groups excluding carboxylic acids is 1. The van der Waals surface area contributed by atoms with E-state index >= 15 is 0 Å². The van der Waals surface area contributed by atoms with E-state index in [-0.39, 0.29) is 5.60 Å². The molecule has 0 radical (unpaired) electrons. The summed E-state index contributed by atoms with van der Waals surface area (Å²) < 4.78 is 4.55. The van der Waals surface area contributed by atoms with Crippen molar-refractivity contribution in [3.05, 3.63) is 0 Å². The predicted molar refractivity (Wildman–Crippen MR) is 49.4 cm³/mol. The van der Waals surface area contributed by atoms with Crippen molar-refractivity contribution in [3.8, 4) is 0 Å². The summed E-state index contributed by atoms with van der Waals surface area (Å²) in [6.07, 6.45) is 0. The first kappa shape index (κ1) is 13.9. The van der Waals surface area contributed by atoms with E-state index in [9.17, 15) is 4.79 Å². The molecule has 4 heteroatoms. The van der Waals surface area contributed by atoms with Crippen molar-refractivity contribution in [2.75, 3.05) is 0 Å². The van der Waals surface area contributed by atoms with E-state index in [0.29, 0.717) is 12.5 Å². The van der Waals surface area contributed by atoms with E-state index < -0.39 is 0 Å². The van der Waals surface area contributed by atoms with Crippen LogP contribution in [0, 0.1) is 0 Å². The molecule has 0 aliphatic heterocycles. The van der Waals surface area contributed by atoms with Gasteiger partial charge in [0.25, 0.3) is 6.47 Å². The monoisotopic (exact) mass is 176 g/mol. The number of nitrogens with one attached hydrogen (secondary N) is 1. The smallest absolute Gasteiger partial charge is 0.293 e. The number of carbonyl (C=O) groups is 1. The van der Waals surface area contributed by atoms with Gasteiger partial charge in [0.1, 0.15) is 5.60 Å². The summed E-state index contributed by atoms with van der Waals surface area (Å²) in [4.78, 5) is 9.60. The molecule has 12 heavy (non-hydrogen) atoms. The second kappa shape index (κ2) is 7.06. The molecule has 0 amide bonds. The molecule has 0 aliphatic carbocycles. The van der Waals surface area contributed by atoms with Crippen LogP contribution >= 0.6 is 0 Å². The molecule has 0 aromatic rings. The molecule has 0 saturated heterocycles. The zero-order valence-electron chi connectivity index (χ0n) is 8.55. The number of rotatable bonds is 2. The Balaban J connectivity index is 0. The van der Waals surface area contributed by atoms with Gasteiger partial charge in [0, 0.05) is 6.04 Å². The van der Waals surface area contributed by atoms with Crippen molar-refractivity contribution < 1.29 is 9.53 Å². The van der Waals surface area contributed by atoms with Crippen LogP contribution < -0.4 is 11.3 Å². The molecule has 0 spiro atoms. The summed E-state index contributed by atoms with van der Waals surface area (Å²) in [7, 11) is 0. The molecule has 0 atom stereocenters. The lowest BCUT2D eigenvalue weighted by molar-refractivity contribution is -0.138. The van der Waals surface area contributed by atoms with Gasteiger partial charge in [-0.15, -0.1) is 0 Å². The molecule has 0 unspecified atom stereocenters. The van der Waals surface area contributed by atoms with Crippen LogP contribution in [0.15, 0.2) is 0 Å². The third kappa shape index (κ3) is 22.8. The van der Waals surface area contributed by atoms with Gasteiger partial charge in [-0.3, -0.25) is 16.1 Å². The summed E-state index contributed by atoms with van der Waals surface area (Å²) in [6, 6.07) is 0.412. The minimum atomic E-state index is -0.318. The Morgan fingerprint density at radius 3 is 1.75 bits per heavy atom. The normalized spacial score (nSPS) is 10.2. The van der Waals surface area contributed by atoms with Crippen LogP contribution in [0.2, 0.25) is 0 Å². The second-order valence-corrected chi connectivity index (χ2v) is 3.65. The molecule has 3 N–H and O–H groups in total. The first-order valence-electron chi connectivity index (χ1n) is 3.91. The fourth-order valence-electron chi connectivity index (χ4n) is 0.144. The highest BCUT2D eigenvalue weighted by Crippen LogP contribution is 2.02. The van der Waals surface area contributed by atoms with E-state index in [1.165, 1.54) is 0 Å². The number of hydrogen-bond donors (Lipinski definition) is 2. The standard InChI is InChI=1S/C5H10O2.C3H10N2/c1-5(2,3)7-4-6;1-3(2)5-4/h4H,1-3H3;3,5H,4H2,1-2H3. The van der Waals surface area contributed by atoms with Crippen molar-refractivity contribution in [1.82, 2.24) is 5.43 Å². The van der Waals surface area contributed by atoms with E-state index in [1.54, 1.807) is 0 Å². The number of hydrazine groups is 1. The Morgan fingerprint density at radius 1 is 1.42 bits per heavy atom. The van der Waals surface area contributed by atoms with Crippen LogP contribution in [0.5, 0.6) is 0 Å². The van der Waals surface area contributed by atoms with Gasteiger partial charge in [0.15, 0.2) is 0 Å². The fraction of sp³-hybridized carbons (Fsp3) is 0.875. The summed E-state index contributed by atoms with van der Waals surface area (Å²) in [5.74, 6) is 4.92. The molecule has 0 bridgehead atoms. The Labute approximate surface area is 74.4 Å². The molecule has 0 heterocycles. The molecule has 74 valence electrons. The highest BCUT2D eigenvalue weighted by Gasteiger charge is 2.07. The van der Waals surface area contributed by atoms with Crippen molar-refractivity contribution in [2.24, 2.45) is 5.84 Å². The summed E-state index contributed by atoms with van der Waals surface area (Å²) in [5.41, 5.74) is 2.21. The summed E-state index contributed by atoms with van der Waals surface area (Å²) in [6.45, 7) is 9.89.